The molecule has 2 aromatic rings. The molecule has 0 unspecified atom stereocenters. The van der Waals surface area contributed by atoms with Gasteiger partial charge in [0.05, 0.1) is 11.3 Å². The van der Waals surface area contributed by atoms with E-state index in [2.05, 4.69) is 11.4 Å². The van der Waals surface area contributed by atoms with Gasteiger partial charge in [-0.25, -0.2) is 4.79 Å². The molecule has 0 aromatic heterocycles. The summed E-state index contributed by atoms with van der Waals surface area (Å²) in [6, 6.07) is 13.3. The Labute approximate surface area is 118 Å². The molecule has 3 heteroatoms. The smallest absolute Gasteiger partial charge is 0.337 e. The van der Waals surface area contributed by atoms with Gasteiger partial charge in [-0.2, -0.15) is 0 Å². The van der Waals surface area contributed by atoms with Crippen molar-refractivity contribution < 1.29 is 9.90 Å². The zero-order valence-electron chi connectivity index (χ0n) is 11.2. The van der Waals surface area contributed by atoms with E-state index < -0.39 is 5.97 Å². The largest absolute Gasteiger partial charge is 0.478 e. The molecule has 0 fully saturated rings. The number of carboxylic acid groups (broad SMARTS) is 1. The average Bonchev–Trinajstić information content (AvgIpc) is 2.48. The number of anilines is 2. The van der Waals surface area contributed by atoms with Gasteiger partial charge in [0.1, 0.15) is 0 Å². The van der Waals surface area contributed by atoms with Crippen molar-refractivity contribution in [3.63, 3.8) is 0 Å². The summed E-state index contributed by atoms with van der Waals surface area (Å²) in [5.41, 5.74) is 4.71. The van der Waals surface area contributed by atoms with Crippen LogP contribution >= 0.6 is 0 Å². The van der Waals surface area contributed by atoms with Gasteiger partial charge in [0.2, 0.25) is 0 Å². The maximum atomic E-state index is 11.3. The van der Waals surface area contributed by atoms with Gasteiger partial charge in [0.15, 0.2) is 0 Å². The SMILES string of the molecule is O=C(O)c1ccccc1Nc1cccc2c1CCCC2. The van der Waals surface area contributed by atoms with Gasteiger partial charge in [-0.1, -0.05) is 24.3 Å². The third kappa shape index (κ3) is 2.39. The molecule has 0 aliphatic heterocycles. The lowest BCUT2D eigenvalue weighted by atomic mass is 9.90. The predicted octanol–water partition coefficient (Wildman–Crippen LogP) is 4.01. The summed E-state index contributed by atoms with van der Waals surface area (Å²) in [6.45, 7) is 0. The molecule has 0 heterocycles. The number of hydrogen-bond acceptors (Lipinski definition) is 2. The number of rotatable bonds is 3. The highest BCUT2D eigenvalue weighted by Crippen LogP contribution is 2.30. The molecule has 0 radical (unpaired) electrons. The van der Waals surface area contributed by atoms with Crippen LogP contribution in [0.4, 0.5) is 11.4 Å². The number of fused-ring (bicyclic) bond motifs is 1. The molecular weight excluding hydrogens is 250 g/mol. The van der Waals surface area contributed by atoms with Crippen LogP contribution in [0, 0.1) is 0 Å². The van der Waals surface area contributed by atoms with Crippen LogP contribution in [-0.2, 0) is 12.8 Å². The maximum Gasteiger partial charge on any atom is 0.337 e. The minimum absolute atomic E-state index is 0.306. The van der Waals surface area contributed by atoms with Gasteiger partial charge < -0.3 is 10.4 Å². The van der Waals surface area contributed by atoms with Gasteiger partial charge in [-0.05, 0) is 55.0 Å². The van der Waals surface area contributed by atoms with Crippen LogP contribution in [0.1, 0.15) is 34.3 Å². The molecule has 0 atom stereocenters. The summed E-state index contributed by atoms with van der Waals surface area (Å²) >= 11 is 0. The van der Waals surface area contributed by atoms with E-state index in [1.165, 1.54) is 24.0 Å². The molecule has 1 aliphatic carbocycles. The highest BCUT2D eigenvalue weighted by atomic mass is 16.4. The Bertz CT molecular complexity index is 649. The molecular formula is C17H17NO2. The summed E-state index contributed by atoms with van der Waals surface area (Å²) in [6.07, 6.45) is 4.62. The first-order chi connectivity index (χ1) is 9.75. The number of hydrogen-bond donors (Lipinski definition) is 2. The fraction of sp³-hybridized carbons (Fsp3) is 0.235. The topological polar surface area (TPSA) is 49.3 Å². The highest BCUT2D eigenvalue weighted by Gasteiger charge is 2.15. The quantitative estimate of drug-likeness (QED) is 0.883. The number of benzene rings is 2. The second-order valence-corrected chi connectivity index (χ2v) is 5.13. The lowest BCUT2D eigenvalue weighted by Gasteiger charge is -2.20. The zero-order valence-corrected chi connectivity index (χ0v) is 11.2. The summed E-state index contributed by atoms with van der Waals surface area (Å²) in [5.74, 6) is -0.905. The van der Waals surface area contributed by atoms with E-state index in [0.29, 0.717) is 11.3 Å². The van der Waals surface area contributed by atoms with Crippen molar-refractivity contribution in [2.24, 2.45) is 0 Å². The van der Waals surface area contributed by atoms with E-state index in [0.717, 1.165) is 18.5 Å². The summed E-state index contributed by atoms with van der Waals surface area (Å²) in [7, 11) is 0. The van der Waals surface area contributed by atoms with Crippen molar-refractivity contribution in [2.45, 2.75) is 25.7 Å². The minimum atomic E-state index is -0.905. The maximum absolute atomic E-state index is 11.3. The lowest BCUT2D eigenvalue weighted by Crippen LogP contribution is -2.08. The first-order valence-corrected chi connectivity index (χ1v) is 6.96. The van der Waals surface area contributed by atoms with Crippen molar-refractivity contribution in [1.29, 1.82) is 0 Å². The van der Waals surface area contributed by atoms with Crippen molar-refractivity contribution in [2.75, 3.05) is 5.32 Å². The standard InChI is InChI=1S/C17H17NO2/c19-17(20)14-9-3-4-10-16(14)18-15-11-5-7-12-6-1-2-8-13(12)15/h3-5,7,9-11,18H,1-2,6,8H2,(H,19,20). The van der Waals surface area contributed by atoms with E-state index in [4.69, 9.17) is 0 Å². The Morgan fingerprint density at radius 1 is 0.950 bits per heavy atom. The van der Waals surface area contributed by atoms with Crippen LogP contribution in [0.25, 0.3) is 0 Å². The molecule has 1 aliphatic rings. The fourth-order valence-electron chi connectivity index (χ4n) is 2.82. The van der Waals surface area contributed by atoms with Gasteiger partial charge in [-0.3, -0.25) is 0 Å². The van der Waals surface area contributed by atoms with E-state index in [1.807, 2.05) is 24.3 Å². The number of aryl methyl sites for hydroxylation is 1. The first kappa shape index (κ1) is 12.7. The van der Waals surface area contributed by atoms with Crippen molar-refractivity contribution >= 4 is 17.3 Å². The van der Waals surface area contributed by atoms with E-state index in [-0.39, 0.29) is 0 Å². The van der Waals surface area contributed by atoms with Crippen LogP contribution in [0.15, 0.2) is 42.5 Å². The van der Waals surface area contributed by atoms with Crippen molar-refractivity contribution in [3.05, 3.63) is 59.2 Å². The van der Waals surface area contributed by atoms with E-state index in [1.54, 1.807) is 12.1 Å². The van der Waals surface area contributed by atoms with Gasteiger partial charge in [-0.15, -0.1) is 0 Å². The van der Waals surface area contributed by atoms with Crippen LogP contribution in [0.3, 0.4) is 0 Å². The van der Waals surface area contributed by atoms with Crippen LogP contribution < -0.4 is 5.32 Å². The molecule has 3 nitrogen and oxygen atoms in total. The molecule has 3 rings (SSSR count). The summed E-state index contributed by atoms with van der Waals surface area (Å²) in [4.78, 5) is 11.3. The van der Waals surface area contributed by atoms with Crippen LogP contribution in [0.5, 0.6) is 0 Å². The van der Waals surface area contributed by atoms with Crippen molar-refractivity contribution in [1.82, 2.24) is 0 Å². The number of carbonyl (C=O) groups is 1. The van der Waals surface area contributed by atoms with E-state index >= 15 is 0 Å². The molecule has 2 aromatic carbocycles. The predicted molar refractivity (Wildman–Crippen MR) is 79.8 cm³/mol. The molecule has 0 saturated carbocycles. The molecule has 0 saturated heterocycles. The molecule has 102 valence electrons. The molecule has 20 heavy (non-hydrogen) atoms. The third-order valence-electron chi connectivity index (χ3n) is 3.82. The number of carboxylic acids is 1. The monoisotopic (exact) mass is 267 g/mol. The second kappa shape index (κ2) is 5.37. The van der Waals surface area contributed by atoms with Gasteiger partial charge in [0.25, 0.3) is 0 Å². The van der Waals surface area contributed by atoms with Crippen molar-refractivity contribution in [3.8, 4) is 0 Å². The summed E-state index contributed by atoms with van der Waals surface area (Å²) in [5, 5.41) is 12.5. The number of aromatic carboxylic acids is 1. The molecule has 0 spiro atoms. The first-order valence-electron chi connectivity index (χ1n) is 6.96. The Morgan fingerprint density at radius 2 is 1.70 bits per heavy atom. The lowest BCUT2D eigenvalue weighted by molar-refractivity contribution is 0.0698. The Kier molecular flexibility index (Phi) is 3.42. The zero-order chi connectivity index (χ0) is 13.9. The number of nitrogens with one attached hydrogen (secondary N) is 1. The molecule has 2 N–H and O–H groups in total. The van der Waals surface area contributed by atoms with E-state index in [9.17, 15) is 9.90 Å². The third-order valence-corrected chi connectivity index (χ3v) is 3.82. The van der Waals surface area contributed by atoms with Crippen LogP contribution in [-0.4, -0.2) is 11.1 Å². The Hall–Kier alpha value is -2.29. The normalized spacial score (nSPS) is 13.6. The van der Waals surface area contributed by atoms with Gasteiger partial charge in [0, 0.05) is 5.69 Å². The molecule has 0 bridgehead atoms. The Balaban J connectivity index is 1.98. The molecule has 0 amide bonds. The van der Waals surface area contributed by atoms with Gasteiger partial charge >= 0.3 is 5.97 Å². The highest BCUT2D eigenvalue weighted by molar-refractivity contribution is 5.95. The number of para-hydroxylation sites is 1. The average molecular weight is 267 g/mol. The second-order valence-electron chi connectivity index (χ2n) is 5.13. The minimum Gasteiger partial charge on any atom is -0.478 e. The Morgan fingerprint density at radius 3 is 2.55 bits per heavy atom. The summed E-state index contributed by atoms with van der Waals surface area (Å²) < 4.78 is 0. The van der Waals surface area contributed by atoms with Crippen LogP contribution in [0.2, 0.25) is 0 Å². The fourth-order valence-corrected chi connectivity index (χ4v) is 2.82.